The van der Waals surface area contributed by atoms with Crippen molar-refractivity contribution in [1.82, 2.24) is 4.57 Å². The van der Waals surface area contributed by atoms with Crippen LogP contribution < -0.4 is 4.90 Å². The van der Waals surface area contributed by atoms with Gasteiger partial charge in [0.25, 0.3) is 0 Å². The van der Waals surface area contributed by atoms with E-state index in [4.69, 9.17) is 0 Å². The van der Waals surface area contributed by atoms with Crippen LogP contribution >= 0.6 is 0 Å². The predicted octanol–water partition coefficient (Wildman–Crippen LogP) is 14.6. The van der Waals surface area contributed by atoms with Crippen molar-refractivity contribution in [3.05, 3.63) is 181 Å². The molecule has 55 heavy (non-hydrogen) atoms. The summed E-state index contributed by atoms with van der Waals surface area (Å²) in [5.74, 6) is 0. The highest BCUT2D eigenvalue weighted by atomic mass is 28.4. The molecule has 4 heteroatoms. The van der Waals surface area contributed by atoms with E-state index in [1.54, 1.807) is 5.56 Å². The molecule has 0 saturated carbocycles. The van der Waals surface area contributed by atoms with E-state index in [1.165, 1.54) is 71.4 Å². The van der Waals surface area contributed by atoms with Crippen LogP contribution in [0.1, 0.15) is 11.1 Å². The summed E-state index contributed by atoms with van der Waals surface area (Å²) < 4.78 is 2.46. The smallest absolute Gasteiger partial charge is 0.0579 e. The van der Waals surface area contributed by atoms with E-state index in [-0.39, 0.29) is 4.66 Å². The molecule has 0 N–H and O–H groups in total. The summed E-state index contributed by atoms with van der Waals surface area (Å²) in [6, 6.07) is 63.4. The first-order valence-corrected chi connectivity index (χ1v) is 26.6. The summed E-state index contributed by atoms with van der Waals surface area (Å²) in [5.41, 5.74) is 13.2. The number of anilines is 3. The zero-order valence-electron chi connectivity index (χ0n) is 32.6. The molecule has 1 aliphatic carbocycles. The summed E-state index contributed by atoms with van der Waals surface area (Å²) >= 11 is 0. The number of nitrogens with zero attached hydrogens (tertiary/aromatic N) is 2. The minimum atomic E-state index is -2.03. The molecule has 8 aromatic carbocycles. The fourth-order valence-corrected chi connectivity index (χ4v) is 23.9. The Morgan fingerprint density at radius 1 is 0.418 bits per heavy atom. The average Bonchev–Trinajstić information content (AvgIpc) is 3.70. The standard InChI is InChI=1S/C51H46N2Si2/c1-54(2,3)51(55(4,5)6)46-34-38(53-47-27-17-15-24-40(47)41-25-16-18-28-48(41)53)30-32-44(46)49-42-26-14-13-23-39(42)45-33-37(29-31-43(45)50(49)51)52(35-19-9-7-10-20-35)36-21-11-8-12-22-36/h7-34H,1-6H3. The molecule has 268 valence electrons. The van der Waals surface area contributed by atoms with E-state index in [9.17, 15) is 0 Å². The van der Waals surface area contributed by atoms with Gasteiger partial charge in [-0.25, -0.2) is 0 Å². The third-order valence-corrected chi connectivity index (χ3v) is 22.5. The molecule has 2 nitrogen and oxygen atoms in total. The molecule has 1 heterocycles. The van der Waals surface area contributed by atoms with E-state index in [0.29, 0.717) is 0 Å². The Bertz CT molecular complexity index is 2840. The largest absolute Gasteiger partial charge is 0.310 e. The van der Waals surface area contributed by atoms with Gasteiger partial charge in [0.2, 0.25) is 0 Å². The molecule has 0 amide bonds. The van der Waals surface area contributed by atoms with Crippen molar-refractivity contribution >= 4 is 76.6 Å². The first-order valence-electron chi connectivity index (χ1n) is 19.6. The zero-order chi connectivity index (χ0) is 37.7. The molecule has 0 unspecified atom stereocenters. The summed E-state index contributed by atoms with van der Waals surface area (Å²) in [6.07, 6.45) is 0. The molecule has 0 spiro atoms. The Kier molecular flexibility index (Phi) is 7.48. The normalized spacial score (nSPS) is 13.8. The van der Waals surface area contributed by atoms with Gasteiger partial charge in [-0.3, -0.25) is 0 Å². The first-order chi connectivity index (χ1) is 26.6. The van der Waals surface area contributed by atoms with Gasteiger partial charge in [0.15, 0.2) is 0 Å². The third kappa shape index (κ3) is 4.78. The lowest BCUT2D eigenvalue weighted by Gasteiger charge is -2.51. The molecule has 0 bridgehead atoms. The minimum Gasteiger partial charge on any atom is -0.310 e. The van der Waals surface area contributed by atoms with Crippen LogP contribution in [0.25, 0.3) is 60.2 Å². The monoisotopic (exact) mass is 742 g/mol. The fourth-order valence-electron chi connectivity index (χ4n) is 10.8. The second-order valence-corrected chi connectivity index (χ2v) is 28.4. The van der Waals surface area contributed by atoms with Gasteiger partial charge in [0, 0.05) is 38.2 Å². The number of hydrogen-bond donors (Lipinski definition) is 0. The molecular formula is C51H46N2Si2. The number of para-hydroxylation sites is 4. The highest BCUT2D eigenvalue weighted by Crippen LogP contribution is 2.62. The molecule has 1 aromatic heterocycles. The van der Waals surface area contributed by atoms with E-state index < -0.39 is 16.1 Å². The van der Waals surface area contributed by atoms with Crippen LogP contribution in [0.2, 0.25) is 39.3 Å². The SMILES string of the molecule is C[Si](C)(C)C1([Si](C)(C)C)c2cc(-n3c4ccccc4c4ccccc43)ccc2-c2c1c1ccc(N(c3ccccc3)c3ccccc3)cc1c1ccccc21. The molecular weight excluding hydrogens is 697 g/mol. The summed E-state index contributed by atoms with van der Waals surface area (Å²) in [6.45, 7) is 15.8. The van der Waals surface area contributed by atoms with Crippen LogP contribution in [0.5, 0.6) is 0 Å². The number of rotatable bonds is 6. The third-order valence-electron chi connectivity index (χ3n) is 12.4. The fraction of sp³-hybridized carbons (Fsp3) is 0.137. The van der Waals surface area contributed by atoms with Crippen LogP contribution in [0.4, 0.5) is 17.1 Å². The Morgan fingerprint density at radius 2 is 0.927 bits per heavy atom. The molecule has 9 aromatic rings. The van der Waals surface area contributed by atoms with Crippen molar-refractivity contribution in [2.75, 3.05) is 4.90 Å². The average molecular weight is 743 g/mol. The molecule has 0 radical (unpaired) electrons. The van der Waals surface area contributed by atoms with Crippen molar-refractivity contribution in [2.24, 2.45) is 0 Å². The summed E-state index contributed by atoms with van der Waals surface area (Å²) in [7, 11) is -4.06. The topological polar surface area (TPSA) is 8.17 Å². The molecule has 0 saturated heterocycles. The second kappa shape index (κ2) is 12.2. The second-order valence-electron chi connectivity index (χ2n) is 17.4. The first kappa shape index (κ1) is 33.9. The highest BCUT2D eigenvalue weighted by molar-refractivity contribution is 7.00. The number of fused-ring (bicyclic) bond motifs is 11. The molecule has 0 fully saturated rings. The molecule has 0 atom stereocenters. The van der Waals surface area contributed by atoms with Gasteiger partial charge in [0.05, 0.1) is 27.2 Å². The lowest BCUT2D eigenvalue weighted by molar-refractivity contribution is 0.958. The van der Waals surface area contributed by atoms with E-state index in [0.717, 1.165) is 11.4 Å². The van der Waals surface area contributed by atoms with Gasteiger partial charge in [0.1, 0.15) is 0 Å². The summed E-state index contributed by atoms with van der Waals surface area (Å²) in [4.78, 5) is 2.40. The van der Waals surface area contributed by atoms with Gasteiger partial charge in [-0.15, -0.1) is 0 Å². The van der Waals surface area contributed by atoms with Gasteiger partial charge in [-0.05, 0) is 104 Å². The Labute approximate surface area is 326 Å². The summed E-state index contributed by atoms with van der Waals surface area (Å²) in [5, 5.41) is 8.02. The highest BCUT2D eigenvalue weighted by Gasteiger charge is 2.60. The van der Waals surface area contributed by atoms with Gasteiger partial charge in [-0.2, -0.15) is 0 Å². The van der Waals surface area contributed by atoms with Gasteiger partial charge >= 0.3 is 0 Å². The van der Waals surface area contributed by atoms with Crippen molar-refractivity contribution < 1.29 is 0 Å². The Balaban J connectivity index is 1.31. The van der Waals surface area contributed by atoms with Crippen LogP contribution in [-0.2, 0) is 4.66 Å². The quantitative estimate of drug-likeness (QED) is 0.122. The van der Waals surface area contributed by atoms with E-state index in [2.05, 4.69) is 219 Å². The molecule has 0 aliphatic heterocycles. The Morgan fingerprint density at radius 3 is 1.49 bits per heavy atom. The minimum absolute atomic E-state index is 0.0538. The molecule has 10 rings (SSSR count). The molecule has 1 aliphatic rings. The van der Waals surface area contributed by atoms with Gasteiger partial charge in [-0.1, -0.05) is 148 Å². The zero-order valence-corrected chi connectivity index (χ0v) is 34.6. The maximum Gasteiger partial charge on any atom is 0.0579 e. The lowest BCUT2D eigenvalue weighted by Crippen LogP contribution is -2.63. The number of aromatic nitrogens is 1. The van der Waals surface area contributed by atoms with Crippen LogP contribution in [-0.4, -0.2) is 20.7 Å². The van der Waals surface area contributed by atoms with Crippen LogP contribution in [0.3, 0.4) is 0 Å². The predicted molar refractivity (Wildman–Crippen MR) is 243 cm³/mol. The van der Waals surface area contributed by atoms with E-state index in [1.807, 2.05) is 0 Å². The number of benzene rings is 8. The Hall–Kier alpha value is -5.69. The maximum absolute atomic E-state index is 2.64. The maximum atomic E-state index is 2.64. The number of hydrogen-bond acceptors (Lipinski definition) is 1. The lowest BCUT2D eigenvalue weighted by atomic mass is 9.91. The van der Waals surface area contributed by atoms with Crippen molar-refractivity contribution in [3.8, 4) is 16.8 Å². The van der Waals surface area contributed by atoms with Crippen LogP contribution in [0.15, 0.2) is 170 Å². The van der Waals surface area contributed by atoms with Crippen molar-refractivity contribution in [3.63, 3.8) is 0 Å². The van der Waals surface area contributed by atoms with Crippen LogP contribution in [0, 0.1) is 0 Å². The van der Waals surface area contributed by atoms with Crippen molar-refractivity contribution in [1.29, 1.82) is 0 Å². The van der Waals surface area contributed by atoms with Gasteiger partial charge < -0.3 is 9.47 Å². The van der Waals surface area contributed by atoms with E-state index >= 15 is 0 Å². The van der Waals surface area contributed by atoms with Crippen molar-refractivity contribution in [2.45, 2.75) is 43.9 Å².